The Morgan fingerprint density at radius 1 is 1.37 bits per heavy atom. The third-order valence-corrected chi connectivity index (χ3v) is 5.20. The maximum Gasteiger partial charge on any atom is 0.214 e. The lowest BCUT2D eigenvalue weighted by Gasteiger charge is -2.15. The smallest absolute Gasteiger partial charge is 0.214 e. The van der Waals surface area contributed by atoms with Crippen LogP contribution in [0, 0.1) is 5.82 Å². The number of rotatable bonds is 2. The Kier molecular flexibility index (Phi) is 2.99. The zero-order valence-corrected chi connectivity index (χ0v) is 11.0. The van der Waals surface area contributed by atoms with E-state index >= 15 is 0 Å². The van der Waals surface area contributed by atoms with Crippen LogP contribution < -0.4 is 0 Å². The van der Waals surface area contributed by atoms with E-state index < -0.39 is 10.0 Å². The lowest BCUT2D eigenvalue weighted by atomic mass is 10.1. The van der Waals surface area contributed by atoms with Crippen molar-refractivity contribution in [1.29, 1.82) is 0 Å². The minimum atomic E-state index is -3.18. The lowest BCUT2D eigenvalue weighted by molar-refractivity contribution is 0.440. The Balaban J connectivity index is 2.05. The highest BCUT2D eigenvalue weighted by molar-refractivity contribution is 7.89. The quantitative estimate of drug-likeness (QED) is 0.844. The summed E-state index contributed by atoms with van der Waals surface area (Å²) in [6.45, 7) is 0.681. The highest BCUT2D eigenvalue weighted by Gasteiger charge is 2.28. The number of aromatic nitrogens is 1. The Morgan fingerprint density at radius 3 is 2.95 bits per heavy atom. The first-order valence-corrected chi connectivity index (χ1v) is 7.68. The van der Waals surface area contributed by atoms with Crippen molar-refractivity contribution in [3.05, 3.63) is 41.8 Å². The molecule has 1 aromatic carbocycles. The molecular weight excluding hydrogens is 267 g/mol. The first kappa shape index (κ1) is 12.5. The van der Waals surface area contributed by atoms with Gasteiger partial charge in [-0.15, -0.1) is 0 Å². The molecular formula is C13H13FN2O2S. The molecule has 1 aliphatic rings. The fourth-order valence-corrected chi connectivity index (χ4v) is 3.90. The summed E-state index contributed by atoms with van der Waals surface area (Å²) in [5.41, 5.74) is 1.27. The number of nitrogens with zero attached hydrogens (tertiary/aromatic N) is 2. The van der Waals surface area contributed by atoms with Gasteiger partial charge in [0.15, 0.2) is 0 Å². The number of benzene rings is 1. The van der Waals surface area contributed by atoms with Gasteiger partial charge < -0.3 is 0 Å². The van der Waals surface area contributed by atoms with E-state index in [1.165, 1.54) is 16.4 Å². The molecule has 0 N–H and O–H groups in total. The zero-order valence-electron chi connectivity index (χ0n) is 10.2. The summed E-state index contributed by atoms with van der Waals surface area (Å²) >= 11 is 0. The number of sulfonamides is 1. The monoisotopic (exact) mass is 280 g/mol. The Hall–Kier alpha value is -1.53. The molecule has 4 nitrogen and oxygen atoms in total. The summed E-state index contributed by atoms with van der Waals surface area (Å²) in [4.78, 5) is 4.22. The molecule has 0 atom stereocenters. The van der Waals surface area contributed by atoms with Crippen molar-refractivity contribution in [3.8, 4) is 0 Å². The van der Waals surface area contributed by atoms with Gasteiger partial charge in [0.25, 0.3) is 0 Å². The van der Waals surface area contributed by atoms with Crippen molar-refractivity contribution in [2.45, 2.75) is 13.0 Å². The zero-order chi connectivity index (χ0) is 13.5. The molecule has 2 aromatic rings. The van der Waals surface area contributed by atoms with Crippen LogP contribution in [-0.4, -0.2) is 30.0 Å². The molecule has 0 saturated carbocycles. The van der Waals surface area contributed by atoms with Crippen LogP contribution in [0.5, 0.6) is 0 Å². The molecule has 2 heterocycles. The van der Waals surface area contributed by atoms with E-state index in [-0.39, 0.29) is 18.1 Å². The SMILES string of the molecule is O=S1(=O)CCCN1Cc1cc(F)cc2cccnc12. The van der Waals surface area contributed by atoms with Crippen molar-refractivity contribution in [1.82, 2.24) is 9.29 Å². The molecule has 100 valence electrons. The van der Waals surface area contributed by atoms with E-state index in [0.717, 1.165) is 0 Å². The first-order chi connectivity index (χ1) is 9.06. The second-order valence-corrected chi connectivity index (χ2v) is 6.73. The third-order valence-electron chi connectivity index (χ3n) is 3.30. The summed E-state index contributed by atoms with van der Waals surface area (Å²) in [6, 6.07) is 6.28. The van der Waals surface area contributed by atoms with Crippen LogP contribution in [0.2, 0.25) is 0 Å². The Bertz CT molecular complexity index is 731. The molecule has 0 aliphatic carbocycles. The highest BCUT2D eigenvalue weighted by Crippen LogP contribution is 2.23. The van der Waals surface area contributed by atoms with Gasteiger partial charge in [-0.05, 0) is 30.2 Å². The number of fused-ring (bicyclic) bond motifs is 1. The van der Waals surface area contributed by atoms with Crippen LogP contribution >= 0.6 is 0 Å². The predicted molar refractivity (Wildman–Crippen MR) is 70.5 cm³/mol. The van der Waals surface area contributed by atoms with Gasteiger partial charge in [-0.3, -0.25) is 4.98 Å². The van der Waals surface area contributed by atoms with E-state index in [2.05, 4.69) is 4.98 Å². The van der Waals surface area contributed by atoms with Gasteiger partial charge in [-0.2, -0.15) is 4.31 Å². The lowest BCUT2D eigenvalue weighted by Crippen LogP contribution is -2.25. The standard InChI is InChI=1S/C13H13FN2O2S/c14-12-7-10-3-1-4-15-13(10)11(8-12)9-16-5-2-6-19(16,17)18/h1,3-4,7-8H,2,5-6,9H2. The maximum absolute atomic E-state index is 13.6. The molecule has 1 saturated heterocycles. The fraction of sp³-hybridized carbons (Fsp3) is 0.308. The van der Waals surface area contributed by atoms with Gasteiger partial charge >= 0.3 is 0 Å². The molecule has 0 radical (unpaired) electrons. The summed E-state index contributed by atoms with van der Waals surface area (Å²) in [5.74, 6) is -0.194. The van der Waals surface area contributed by atoms with Crippen LogP contribution in [0.25, 0.3) is 10.9 Å². The van der Waals surface area contributed by atoms with Crippen molar-refractivity contribution >= 4 is 20.9 Å². The summed E-state index contributed by atoms with van der Waals surface area (Å²) < 4.78 is 38.6. The Labute approximate surface area is 110 Å². The largest absolute Gasteiger partial charge is 0.256 e. The number of halogens is 1. The highest BCUT2D eigenvalue weighted by atomic mass is 32.2. The summed E-state index contributed by atoms with van der Waals surface area (Å²) in [6.07, 6.45) is 2.26. The van der Waals surface area contributed by atoms with Crippen LogP contribution in [0.15, 0.2) is 30.5 Å². The van der Waals surface area contributed by atoms with E-state index in [9.17, 15) is 12.8 Å². The van der Waals surface area contributed by atoms with Gasteiger partial charge in [0, 0.05) is 24.7 Å². The molecule has 1 aromatic heterocycles. The van der Waals surface area contributed by atoms with Gasteiger partial charge in [0.2, 0.25) is 10.0 Å². The van der Waals surface area contributed by atoms with Gasteiger partial charge in [-0.1, -0.05) is 6.07 Å². The van der Waals surface area contributed by atoms with E-state index in [1.807, 2.05) is 0 Å². The topological polar surface area (TPSA) is 50.3 Å². The molecule has 19 heavy (non-hydrogen) atoms. The van der Waals surface area contributed by atoms with Crippen LogP contribution in [0.1, 0.15) is 12.0 Å². The first-order valence-electron chi connectivity index (χ1n) is 6.07. The van der Waals surface area contributed by atoms with Gasteiger partial charge in [0.05, 0.1) is 11.3 Å². The normalized spacial score (nSPS) is 19.0. The van der Waals surface area contributed by atoms with Gasteiger partial charge in [0.1, 0.15) is 5.82 Å². The second kappa shape index (κ2) is 4.54. The van der Waals surface area contributed by atoms with Crippen molar-refractivity contribution in [2.75, 3.05) is 12.3 Å². The molecule has 3 rings (SSSR count). The number of hydrogen-bond acceptors (Lipinski definition) is 3. The molecule has 6 heteroatoms. The number of pyridine rings is 1. The average Bonchev–Trinajstić information content (AvgIpc) is 2.68. The summed E-state index contributed by atoms with van der Waals surface area (Å²) in [5, 5.41) is 0.689. The average molecular weight is 280 g/mol. The molecule has 0 unspecified atom stereocenters. The van der Waals surface area contributed by atoms with E-state index in [0.29, 0.717) is 29.4 Å². The fourth-order valence-electron chi connectivity index (χ4n) is 2.41. The molecule has 0 spiro atoms. The minimum Gasteiger partial charge on any atom is -0.256 e. The van der Waals surface area contributed by atoms with E-state index in [4.69, 9.17) is 0 Å². The third kappa shape index (κ3) is 2.33. The molecule has 0 bridgehead atoms. The molecule has 1 fully saturated rings. The maximum atomic E-state index is 13.6. The molecule has 1 aliphatic heterocycles. The van der Waals surface area contributed by atoms with E-state index in [1.54, 1.807) is 18.3 Å². The number of hydrogen-bond donors (Lipinski definition) is 0. The van der Waals surface area contributed by atoms with Crippen molar-refractivity contribution in [2.24, 2.45) is 0 Å². The predicted octanol–water partition coefficient (Wildman–Crippen LogP) is 1.91. The van der Waals surface area contributed by atoms with Crippen LogP contribution in [-0.2, 0) is 16.6 Å². The van der Waals surface area contributed by atoms with Crippen molar-refractivity contribution < 1.29 is 12.8 Å². The van der Waals surface area contributed by atoms with Crippen LogP contribution in [0.3, 0.4) is 0 Å². The Morgan fingerprint density at radius 2 is 2.21 bits per heavy atom. The second-order valence-electron chi connectivity index (χ2n) is 4.64. The summed E-state index contributed by atoms with van der Waals surface area (Å²) in [7, 11) is -3.18. The van der Waals surface area contributed by atoms with Crippen molar-refractivity contribution in [3.63, 3.8) is 0 Å². The van der Waals surface area contributed by atoms with Crippen LogP contribution in [0.4, 0.5) is 4.39 Å². The molecule has 0 amide bonds. The minimum absolute atomic E-state index is 0.174. The van der Waals surface area contributed by atoms with Gasteiger partial charge in [-0.25, -0.2) is 12.8 Å².